The predicted octanol–water partition coefficient (Wildman–Crippen LogP) is 3.55. The number of carboxylic acid groups (broad SMARTS) is 1. The van der Waals surface area contributed by atoms with Gasteiger partial charge in [-0.2, -0.15) is 0 Å². The smallest absolute Gasteiger partial charge is 0.339 e. The number of nitrogens with one attached hydrogen (secondary N) is 1. The van der Waals surface area contributed by atoms with Crippen LogP contribution in [0.4, 0.5) is 0 Å². The fraction of sp³-hybridized carbons (Fsp3) is 0.368. The van der Waals surface area contributed by atoms with Gasteiger partial charge in [0.1, 0.15) is 11.3 Å². The van der Waals surface area contributed by atoms with Crippen LogP contribution in [0.1, 0.15) is 53.2 Å². The number of aromatic carboxylic acids is 1. The summed E-state index contributed by atoms with van der Waals surface area (Å²) >= 11 is 1.33. The Bertz CT molecular complexity index is 769. The number of benzene rings is 1. The molecule has 1 aromatic carbocycles. The third kappa shape index (κ3) is 5.37. The molecule has 6 nitrogen and oxygen atoms in total. The van der Waals surface area contributed by atoms with Gasteiger partial charge in [0.15, 0.2) is 0 Å². The maximum absolute atomic E-state index is 12.5. The summed E-state index contributed by atoms with van der Waals surface area (Å²) in [4.78, 5) is 24.4. The van der Waals surface area contributed by atoms with Crippen LogP contribution in [-0.2, 0) is 5.75 Å². The molecule has 140 valence electrons. The van der Waals surface area contributed by atoms with E-state index in [9.17, 15) is 14.7 Å². The first-order chi connectivity index (χ1) is 12.3. The first-order valence-corrected chi connectivity index (χ1v) is 9.34. The van der Waals surface area contributed by atoms with Crippen LogP contribution in [0.3, 0.4) is 0 Å². The van der Waals surface area contributed by atoms with Crippen molar-refractivity contribution >= 4 is 23.6 Å². The first kappa shape index (κ1) is 20.1. The van der Waals surface area contributed by atoms with E-state index in [1.807, 2.05) is 13.0 Å². The summed E-state index contributed by atoms with van der Waals surface area (Å²) in [6, 6.07) is 8.48. The lowest BCUT2D eigenvalue weighted by molar-refractivity contribution is 0.0469. The highest BCUT2D eigenvalue weighted by molar-refractivity contribution is 7.98. The Labute approximate surface area is 156 Å². The number of thioether (sulfide) groups is 1. The maximum Gasteiger partial charge on any atom is 0.339 e. The summed E-state index contributed by atoms with van der Waals surface area (Å²) in [7, 11) is 0. The maximum atomic E-state index is 12.5. The van der Waals surface area contributed by atoms with Gasteiger partial charge in [-0.3, -0.25) is 4.79 Å². The minimum absolute atomic E-state index is 0.120. The van der Waals surface area contributed by atoms with E-state index in [-0.39, 0.29) is 18.0 Å². The van der Waals surface area contributed by atoms with Crippen LogP contribution in [0.15, 0.2) is 45.9 Å². The van der Waals surface area contributed by atoms with Crippen molar-refractivity contribution in [2.24, 2.45) is 0 Å². The number of carboxylic acids is 1. The van der Waals surface area contributed by atoms with Crippen LogP contribution in [-0.4, -0.2) is 34.2 Å². The Morgan fingerprint density at radius 3 is 2.65 bits per heavy atom. The van der Waals surface area contributed by atoms with Crippen molar-refractivity contribution in [2.75, 3.05) is 6.54 Å². The molecule has 0 saturated heterocycles. The molecule has 1 aromatic heterocycles. The highest BCUT2D eigenvalue weighted by Crippen LogP contribution is 2.28. The highest BCUT2D eigenvalue weighted by Gasteiger charge is 2.21. The molecule has 3 N–H and O–H groups in total. The molecule has 26 heavy (non-hydrogen) atoms. The average molecular weight is 377 g/mol. The molecule has 1 amide bonds. The van der Waals surface area contributed by atoms with E-state index in [2.05, 4.69) is 5.32 Å². The standard InChI is InChI=1S/C19H23NO5S/c1-3-9-19(2,24)12-20-17(21)14-6-4-5-7-16(14)26-11-15-13(18(22)23)8-10-25-15/h4-8,10,24H,3,9,11-12H2,1-2H3,(H,20,21)(H,22,23). The van der Waals surface area contributed by atoms with E-state index < -0.39 is 11.6 Å². The summed E-state index contributed by atoms with van der Waals surface area (Å²) in [6.07, 6.45) is 2.76. The quantitative estimate of drug-likeness (QED) is 0.578. The van der Waals surface area contributed by atoms with Gasteiger partial charge < -0.3 is 19.9 Å². The van der Waals surface area contributed by atoms with Crippen molar-refractivity contribution in [3.8, 4) is 0 Å². The van der Waals surface area contributed by atoms with Crippen molar-refractivity contribution in [3.63, 3.8) is 0 Å². The van der Waals surface area contributed by atoms with E-state index >= 15 is 0 Å². The number of aliphatic hydroxyl groups is 1. The van der Waals surface area contributed by atoms with E-state index in [4.69, 9.17) is 9.52 Å². The van der Waals surface area contributed by atoms with E-state index in [0.29, 0.717) is 28.4 Å². The van der Waals surface area contributed by atoms with E-state index in [1.54, 1.807) is 25.1 Å². The van der Waals surface area contributed by atoms with Crippen LogP contribution in [0.2, 0.25) is 0 Å². The van der Waals surface area contributed by atoms with Crippen molar-refractivity contribution < 1.29 is 24.2 Å². The van der Waals surface area contributed by atoms with Crippen LogP contribution < -0.4 is 5.32 Å². The van der Waals surface area contributed by atoms with Crippen LogP contribution >= 0.6 is 11.8 Å². The lowest BCUT2D eigenvalue weighted by Gasteiger charge is -2.23. The topological polar surface area (TPSA) is 99.8 Å². The number of hydrogen-bond donors (Lipinski definition) is 3. The molecule has 0 fully saturated rings. The molecule has 1 heterocycles. The number of amides is 1. The zero-order valence-electron chi connectivity index (χ0n) is 14.8. The Balaban J connectivity index is 2.06. The van der Waals surface area contributed by atoms with Crippen molar-refractivity contribution in [2.45, 2.75) is 42.9 Å². The van der Waals surface area contributed by atoms with Crippen molar-refractivity contribution in [1.29, 1.82) is 0 Å². The molecule has 0 radical (unpaired) electrons. The zero-order chi connectivity index (χ0) is 19.2. The third-order valence-corrected chi connectivity index (χ3v) is 4.96. The van der Waals surface area contributed by atoms with Crippen molar-refractivity contribution in [3.05, 3.63) is 53.5 Å². The number of furan rings is 1. The summed E-state index contributed by atoms with van der Waals surface area (Å²) < 4.78 is 5.23. The van der Waals surface area contributed by atoms with E-state index in [0.717, 1.165) is 6.42 Å². The molecular weight excluding hydrogens is 354 g/mol. The Morgan fingerprint density at radius 1 is 1.23 bits per heavy atom. The van der Waals surface area contributed by atoms with Crippen LogP contribution in [0.5, 0.6) is 0 Å². The number of hydrogen-bond acceptors (Lipinski definition) is 5. The lowest BCUT2D eigenvalue weighted by atomic mass is 10.0. The number of carbonyl (C=O) groups excluding carboxylic acids is 1. The summed E-state index contributed by atoms with van der Waals surface area (Å²) in [5.41, 5.74) is -0.347. The van der Waals surface area contributed by atoms with Gasteiger partial charge in [0.25, 0.3) is 5.91 Å². The van der Waals surface area contributed by atoms with Crippen LogP contribution in [0.25, 0.3) is 0 Å². The molecule has 1 atom stereocenters. The minimum atomic E-state index is -1.04. The molecule has 2 aromatic rings. The zero-order valence-corrected chi connectivity index (χ0v) is 15.6. The molecule has 0 aliphatic rings. The third-order valence-electron chi connectivity index (χ3n) is 3.88. The van der Waals surface area contributed by atoms with Gasteiger partial charge in [0.05, 0.1) is 23.2 Å². The summed E-state index contributed by atoms with van der Waals surface area (Å²) in [5.74, 6) is -0.670. The van der Waals surface area contributed by atoms with Gasteiger partial charge in [-0.1, -0.05) is 25.5 Å². The van der Waals surface area contributed by atoms with Gasteiger partial charge in [0, 0.05) is 11.4 Å². The molecule has 0 aliphatic heterocycles. The molecule has 2 rings (SSSR count). The molecule has 7 heteroatoms. The van der Waals surface area contributed by atoms with Gasteiger partial charge in [0.2, 0.25) is 0 Å². The fourth-order valence-corrected chi connectivity index (χ4v) is 3.56. The molecular formula is C19H23NO5S. The monoisotopic (exact) mass is 377 g/mol. The molecule has 1 unspecified atom stereocenters. The predicted molar refractivity (Wildman–Crippen MR) is 99.5 cm³/mol. The molecule has 0 aliphatic carbocycles. The number of rotatable bonds is 9. The lowest BCUT2D eigenvalue weighted by Crippen LogP contribution is -2.40. The van der Waals surface area contributed by atoms with E-state index in [1.165, 1.54) is 24.1 Å². The average Bonchev–Trinajstić information content (AvgIpc) is 3.07. The largest absolute Gasteiger partial charge is 0.478 e. The Kier molecular flexibility index (Phi) is 6.88. The highest BCUT2D eigenvalue weighted by atomic mass is 32.2. The minimum Gasteiger partial charge on any atom is -0.478 e. The Hall–Kier alpha value is -2.25. The summed E-state index contributed by atoms with van der Waals surface area (Å²) in [6.45, 7) is 3.84. The van der Waals surface area contributed by atoms with Gasteiger partial charge in [-0.05, 0) is 31.5 Å². The number of carbonyl (C=O) groups is 2. The fourth-order valence-electron chi connectivity index (χ4n) is 2.56. The van der Waals surface area contributed by atoms with Gasteiger partial charge >= 0.3 is 5.97 Å². The SMILES string of the molecule is CCCC(C)(O)CNC(=O)c1ccccc1SCc1occc1C(=O)O. The molecule has 0 saturated carbocycles. The van der Waals surface area contributed by atoms with Gasteiger partial charge in [-0.25, -0.2) is 4.79 Å². The van der Waals surface area contributed by atoms with Crippen LogP contribution in [0, 0.1) is 0 Å². The normalized spacial score (nSPS) is 13.2. The molecule has 0 spiro atoms. The molecule has 0 bridgehead atoms. The second-order valence-corrected chi connectivity index (χ2v) is 7.29. The van der Waals surface area contributed by atoms with Gasteiger partial charge in [-0.15, -0.1) is 11.8 Å². The van der Waals surface area contributed by atoms with Crippen molar-refractivity contribution in [1.82, 2.24) is 5.32 Å². The second kappa shape index (κ2) is 8.91. The second-order valence-electron chi connectivity index (χ2n) is 6.28. The first-order valence-electron chi connectivity index (χ1n) is 8.36. The summed E-state index contributed by atoms with van der Waals surface area (Å²) in [5, 5.41) is 22.1. The Morgan fingerprint density at radius 2 is 1.96 bits per heavy atom.